The van der Waals surface area contributed by atoms with E-state index in [0.29, 0.717) is 0 Å². The standard InChI is InChI=1S/C48H33N/c1-47(2)38-18-6-7-19-39(38)48(40-20-8-10-24-44(40)49-43-23-9-5-15-36(43)37-17-12-22-42(48)46(37)49)41-21-11-16-35(45(41)47)32-27-28-34-31(29-32)26-25-30-13-3-4-14-33(30)34/h3-29H,1-2H3. The van der Waals surface area contributed by atoms with Crippen LogP contribution in [-0.2, 0) is 10.8 Å². The van der Waals surface area contributed by atoms with E-state index in [1.54, 1.807) is 0 Å². The summed E-state index contributed by atoms with van der Waals surface area (Å²) in [4.78, 5) is 0. The number of para-hydroxylation sites is 3. The van der Waals surface area contributed by atoms with Crippen LogP contribution in [0.25, 0.3) is 60.2 Å². The SMILES string of the molecule is CC1(C)c2ccccc2C2(c3ccccc3-n3c4ccccc4c4cccc2c43)c2cccc(-c3ccc4c(ccc5ccccc54)c3)c21. The first-order chi connectivity index (χ1) is 24.1. The fraction of sp³-hybridized carbons (Fsp3) is 0.0833. The maximum absolute atomic E-state index is 2.53. The van der Waals surface area contributed by atoms with Crippen LogP contribution in [0.5, 0.6) is 0 Å². The molecule has 0 amide bonds. The number of hydrogen-bond donors (Lipinski definition) is 0. The van der Waals surface area contributed by atoms with E-state index in [1.807, 2.05) is 0 Å². The van der Waals surface area contributed by atoms with Crippen LogP contribution in [0, 0.1) is 0 Å². The third-order valence-corrected chi connectivity index (χ3v) is 11.8. The van der Waals surface area contributed by atoms with E-state index in [2.05, 4.69) is 182 Å². The highest BCUT2D eigenvalue weighted by molar-refractivity contribution is 6.12. The van der Waals surface area contributed by atoms with E-state index in [0.717, 1.165) is 0 Å². The zero-order chi connectivity index (χ0) is 32.5. The lowest BCUT2D eigenvalue weighted by Crippen LogP contribution is -2.44. The Labute approximate surface area is 285 Å². The van der Waals surface area contributed by atoms with Crippen molar-refractivity contribution in [2.45, 2.75) is 24.7 Å². The van der Waals surface area contributed by atoms with Gasteiger partial charge in [-0.05, 0) is 84.3 Å². The quantitative estimate of drug-likeness (QED) is 0.160. The van der Waals surface area contributed by atoms with Gasteiger partial charge in [-0.25, -0.2) is 0 Å². The topological polar surface area (TPSA) is 4.93 Å². The summed E-state index contributed by atoms with van der Waals surface area (Å²) in [6, 6.07) is 61.8. The maximum atomic E-state index is 2.53. The molecule has 1 nitrogen and oxygen atoms in total. The lowest BCUT2D eigenvalue weighted by atomic mass is 9.52. The Kier molecular flexibility index (Phi) is 5.17. The van der Waals surface area contributed by atoms with Gasteiger partial charge in [-0.1, -0.05) is 159 Å². The largest absolute Gasteiger partial charge is 0.309 e. The fourth-order valence-corrected chi connectivity index (χ4v) is 9.88. The van der Waals surface area contributed by atoms with E-state index in [1.165, 1.54) is 93.5 Å². The fourth-order valence-electron chi connectivity index (χ4n) is 9.88. The van der Waals surface area contributed by atoms with Gasteiger partial charge >= 0.3 is 0 Å². The molecule has 1 aliphatic carbocycles. The predicted octanol–water partition coefficient (Wildman–Crippen LogP) is 12.1. The molecule has 9 aromatic rings. The van der Waals surface area contributed by atoms with E-state index in [4.69, 9.17) is 0 Å². The van der Waals surface area contributed by atoms with Gasteiger partial charge in [-0.15, -0.1) is 0 Å². The minimum atomic E-state index is -0.495. The van der Waals surface area contributed by atoms with Crippen LogP contribution in [0.3, 0.4) is 0 Å². The Balaban J connectivity index is 1.30. The van der Waals surface area contributed by atoms with E-state index in [-0.39, 0.29) is 5.41 Å². The van der Waals surface area contributed by atoms with Crippen LogP contribution in [0.1, 0.15) is 47.2 Å². The first-order valence-corrected chi connectivity index (χ1v) is 17.4. The molecule has 1 heteroatoms. The Hall–Kier alpha value is -5.92. The number of fused-ring (bicyclic) bond motifs is 14. The molecule has 1 atom stereocenters. The van der Waals surface area contributed by atoms with Crippen molar-refractivity contribution in [3.8, 4) is 16.8 Å². The molecule has 11 rings (SSSR count). The molecule has 230 valence electrons. The molecule has 0 saturated heterocycles. The van der Waals surface area contributed by atoms with Crippen molar-refractivity contribution in [2.75, 3.05) is 0 Å². The van der Waals surface area contributed by atoms with Gasteiger partial charge in [0, 0.05) is 16.2 Å². The van der Waals surface area contributed by atoms with Crippen LogP contribution < -0.4 is 0 Å². The summed E-state index contributed by atoms with van der Waals surface area (Å²) in [6.07, 6.45) is 0. The highest BCUT2D eigenvalue weighted by Gasteiger charge is 2.53. The van der Waals surface area contributed by atoms with Crippen LogP contribution in [0.2, 0.25) is 0 Å². The molecule has 1 aromatic heterocycles. The van der Waals surface area contributed by atoms with Gasteiger partial charge in [0.1, 0.15) is 0 Å². The number of benzene rings is 8. The lowest BCUT2D eigenvalue weighted by Gasteiger charge is -2.50. The molecule has 8 aromatic carbocycles. The van der Waals surface area contributed by atoms with E-state index < -0.39 is 5.41 Å². The molecule has 0 fully saturated rings. The van der Waals surface area contributed by atoms with Crippen molar-refractivity contribution in [1.29, 1.82) is 0 Å². The Morgan fingerprint density at radius 3 is 1.96 bits per heavy atom. The molecular weight excluding hydrogens is 591 g/mol. The van der Waals surface area contributed by atoms with Crippen molar-refractivity contribution in [3.63, 3.8) is 0 Å². The van der Waals surface area contributed by atoms with Gasteiger partial charge in [0.15, 0.2) is 0 Å². The molecule has 1 aliphatic heterocycles. The first kappa shape index (κ1) is 27.1. The third kappa shape index (κ3) is 3.26. The van der Waals surface area contributed by atoms with Gasteiger partial charge in [0.05, 0.1) is 22.1 Å². The van der Waals surface area contributed by atoms with E-state index >= 15 is 0 Å². The van der Waals surface area contributed by atoms with Crippen LogP contribution in [-0.4, -0.2) is 4.57 Å². The number of hydrogen-bond acceptors (Lipinski definition) is 0. The number of nitrogens with zero attached hydrogens (tertiary/aromatic N) is 1. The molecular formula is C48H33N. The zero-order valence-electron chi connectivity index (χ0n) is 27.5. The summed E-state index contributed by atoms with van der Waals surface area (Å²) in [5.74, 6) is 0. The van der Waals surface area contributed by atoms with Crippen molar-refractivity contribution >= 4 is 43.4 Å². The predicted molar refractivity (Wildman–Crippen MR) is 205 cm³/mol. The molecule has 49 heavy (non-hydrogen) atoms. The summed E-state index contributed by atoms with van der Waals surface area (Å²) in [7, 11) is 0. The maximum Gasteiger partial charge on any atom is 0.0748 e. The average Bonchev–Trinajstić information content (AvgIpc) is 3.50. The second-order valence-corrected chi connectivity index (χ2v) is 14.4. The highest BCUT2D eigenvalue weighted by Crippen LogP contribution is 2.61. The van der Waals surface area contributed by atoms with Crippen molar-refractivity contribution in [2.24, 2.45) is 0 Å². The first-order valence-electron chi connectivity index (χ1n) is 17.4. The van der Waals surface area contributed by atoms with Crippen LogP contribution >= 0.6 is 0 Å². The molecule has 2 heterocycles. The molecule has 0 bridgehead atoms. The summed E-state index contributed by atoms with van der Waals surface area (Å²) >= 11 is 0. The number of rotatable bonds is 1. The van der Waals surface area contributed by atoms with Crippen molar-refractivity contribution in [1.82, 2.24) is 4.57 Å². The second kappa shape index (κ2) is 9.36. The Morgan fingerprint density at radius 1 is 0.429 bits per heavy atom. The van der Waals surface area contributed by atoms with Gasteiger partial charge < -0.3 is 4.57 Å². The normalized spacial score (nSPS) is 17.0. The summed E-state index contributed by atoms with van der Waals surface area (Å²) < 4.78 is 2.53. The molecule has 0 N–H and O–H groups in total. The third-order valence-electron chi connectivity index (χ3n) is 11.8. The monoisotopic (exact) mass is 623 g/mol. The van der Waals surface area contributed by atoms with Gasteiger partial charge in [-0.2, -0.15) is 0 Å². The average molecular weight is 624 g/mol. The Bertz CT molecular complexity index is 2870. The molecule has 0 radical (unpaired) electrons. The smallest absolute Gasteiger partial charge is 0.0748 e. The zero-order valence-corrected chi connectivity index (χ0v) is 27.5. The summed E-state index contributed by atoms with van der Waals surface area (Å²) in [5, 5.41) is 7.76. The molecule has 1 spiro atoms. The van der Waals surface area contributed by atoms with Crippen molar-refractivity contribution in [3.05, 3.63) is 197 Å². The summed E-state index contributed by atoms with van der Waals surface area (Å²) in [5.41, 5.74) is 13.9. The van der Waals surface area contributed by atoms with Crippen molar-refractivity contribution < 1.29 is 0 Å². The second-order valence-electron chi connectivity index (χ2n) is 14.4. The minimum absolute atomic E-state index is 0.237. The lowest BCUT2D eigenvalue weighted by molar-refractivity contribution is 0.558. The molecule has 0 saturated carbocycles. The molecule has 2 aliphatic rings. The van der Waals surface area contributed by atoms with Gasteiger partial charge in [-0.3, -0.25) is 0 Å². The minimum Gasteiger partial charge on any atom is -0.309 e. The van der Waals surface area contributed by atoms with E-state index in [9.17, 15) is 0 Å². The van der Waals surface area contributed by atoms with Gasteiger partial charge in [0.2, 0.25) is 0 Å². The van der Waals surface area contributed by atoms with Gasteiger partial charge in [0.25, 0.3) is 0 Å². The highest BCUT2D eigenvalue weighted by atomic mass is 15.0. The van der Waals surface area contributed by atoms with Crippen LogP contribution in [0.15, 0.2) is 164 Å². The number of aromatic nitrogens is 1. The Morgan fingerprint density at radius 2 is 1.06 bits per heavy atom. The molecule has 1 unspecified atom stereocenters. The summed E-state index contributed by atoms with van der Waals surface area (Å²) in [6.45, 7) is 4.86. The van der Waals surface area contributed by atoms with Crippen LogP contribution in [0.4, 0.5) is 0 Å².